The molecule has 0 fully saturated rings. The summed E-state index contributed by atoms with van der Waals surface area (Å²) in [5.74, 6) is 0.112. The van der Waals surface area contributed by atoms with Crippen molar-refractivity contribution >= 4 is 5.97 Å². The Bertz CT molecular complexity index is 575. The Morgan fingerprint density at radius 2 is 2.11 bits per heavy atom. The fraction of sp³-hybridized carbons (Fsp3) is 0.286. The van der Waals surface area contributed by atoms with Gasteiger partial charge in [-0.05, 0) is 12.8 Å². The molecule has 92 valence electrons. The highest BCUT2D eigenvalue weighted by molar-refractivity contribution is 5.72. The Labute approximate surface area is 105 Å². The Hall–Kier alpha value is -2.10. The largest absolute Gasteiger partial charge is 0.480 e. The van der Waals surface area contributed by atoms with Crippen LogP contribution in [-0.4, -0.2) is 20.6 Å². The molecule has 1 aliphatic rings. The molecule has 0 saturated heterocycles. The first-order chi connectivity index (χ1) is 8.75. The average Bonchev–Trinajstić information content (AvgIpc) is 2.83. The van der Waals surface area contributed by atoms with Crippen molar-refractivity contribution in [3.05, 3.63) is 42.4 Å². The van der Waals surface area contributed by atoms with Gasteiger partial charge < -0.3 is 9.67 Å². The smallest absolute Gasteiger partial charge is 0.326 e. The number of carbonyl (C=O) groups is 1. The minimum Gasteiger partial charge on any atom is -0.480 e. The molecule has 4 nitrogen and oxygen atoms in total. The second kappa shape index (κ2) is 4.29. The van der Waals surface area contributed by atoms with Crippen LogP contribution in [0.4, 0.5) is 0 Å². The van der Waals surface area contributed by atoms with E-state index in [1.54, 1.807) is 0 Å². The Morgan fingerprint density at radius 3 is 2.83 bits per heavy atom. The molecule has 4 heteroatoms. The first-order valence-electron chi connectivity index (χ1n) is 6.11. The van der Waals surface area contributed by atoms with Crippen LogP contribution in [0.5, 0.6) is 0 Å². The topological polar surface area (TPSA) is 55.1 Å². The third kappa shape index (κ3) is 1.79. The van der Waals surface area contributed by atoms with E-state index < -0.39 is 12.0 Å². The number of carboxylic acids is 1. The van der Waals surface area contributed by atoms with E-state index >= 15 is 0 Å². The summed E-state index contributed by atoms with van der Waals surface area (Å²) in [5, 5.41) is 9.22. The molecule has 1 aromatic heterocycles. The fourth-order valence-electron chi connectivity index (χ4n) is 2.47. The lowest BCUT2D eigenvalue weighted by Crippen LogP contribution is -2.24. The van der Waals surface area contributed by atoms with Gasteiger partial charge in [-0.3, -0.25) is 0 Å². The summed E-state index contributed by atoms with van der Waals surface area (Å²) in [7, 11) is 0. The number of imidazole rings is 1. The Kier molecular flexibility index (Phi) is 2.63. The maximum atomic E-state index is 11.2. The summed E-state index contributed by atoms with van der Waals surface area (Å²) in [6.07, 6.45) is 4.30. The van der Waals surface area contributed by atoms with Crippen molar-refractivity contribution in [1.29, 1.82) is 0 Å². The van der Waals surface area contributed by atoms with Crippen molar-refractivity contribution < 1.29 is 9.90 Å². The van der Waals surface area contributed by atoms with Crippen molar-refractivity contribution in [3.8, 4) is 11.3 Å². The van der Waals surface area contributed by atoms with Crippen LogP contribution >= 0.6 is 0 Å². The maximum Gasteiger partial charge on any atom is 0.326 e. The molecule has 3 rings (SSSR count). The highest BCUT2D eigenvalue weighted by Gasteiger charge is 2.26. The number of carboxylic acid groups (broad SMARTS) is 1. The van der Waals surface area contributed by atoms with Crippen LogP contribution in [-0.2, 0) is 11.2 Å². The summed E-state index contributed by atoms with van der Waals surface area (Å²) in [6.45, 7) is 0. The lowest BCUT2D eigenvalue weighted by Gasteiger charge is -2.20. The van der Waals surface area contributed by atoms with Gasteiger partial charge in [0, 0.05) is 18.2 Å². The summed E-state index contributed by atoms with van der Waals surface area (Å²) in [4.78, 5) is 15.8. The van der Waals surface area contributed by atoms with Gasteiger partial charge in [-0.2, -0.15) is 0 Å². The van der Waals surface area contributed by atoms with E-state index in [-0.39, 0.29) is 0 Å². The molecule has 2 heterocycles. The zero-order valence-electron chi connectivity index (χ0n) is 9.91. The normalized spacial score (nSPS) is 18.3. The zero-order valence-corrected chi connectivity index (χ0v) is 9.91. The first kappa shape index (κ1) is 11.0. The van der Waals surface area contributed by atoms with Gasteiger partial charge in [-0.1, -0.05) is 30.3 Å². The summed E-state index contributed by atoms with van der Waals surface area (Å²) >= 11 is 0. The summed E-state index contributed by atoms with van der Waals surface area (Å²) in [5.41, 5.74) is 1.89. The number of hydrogen-bond donors (Lipinski definition) is 1. The number of aliphatic carboxylic acids is 1. The molecule has 0 amide bonds. The molecule has 18 heavy (non-hydrogen) atoms. The van der Waals surface area contributed by atoms with E-state index in [2.05, 4.69) is 4.98 Å². The van der Waals surface area contributed by atoms with E-state index in [9.17, 15) is 9.90 Å². The van der Waals surface area contributed by atoms with Gasteiger partial charge in [0.15, 0.2) is 0 Å². The first-order valence-corrected chi connectivity index (χ1v) is 6.11. The van der Waals surface area contributed by atoms with E-state index in [1.807, 2.05) is 41.1 Å². The number of nitrogens with zero attached hydrogens (tertiary/aromatic N) is 2. The van der Waals surface area contributed by atoms with E-state index in [4.69, 9.17) is 0 Å². The van der Waals surface area contributed by atoms with Crippen LogP contribution in [0.25, 0.3) is 11.3 Å². The van der Waals surface area contributed by atoms with E-state index in [0.29, 0.717) is 6.42 Å². The molecule has 1 aromatic carbocycles. The summed E-state index contributed by atoms with van der Waals surface area (Å²) < 4.78 is 1.81. The molecule has 0 radical (unpaired) electrons. The molecule has 1 aliphatic heterocycles. The molecular formula is C14H14N2O2. The number of hydrogen-bond acceptors (Lipinski definition) is 2. The van der Waals surface area contributed by atoms with Crippen LogP contribution in [0.3, 0.4) is 0 Å². The number of aryl methyl sites for hydroxylation is 1. The van der Waals surface area contributed by atoms with Crippen molar-refractivity contribution in [1.82, 2.24) is 9.55 Å². The average molecular weight is 242 g/mol. The lowest BCUT2D eigenvalue weighted by molar-refractivity contribution is -0.141. The van der Waals surface area contributed by atoms with E-state index in [0.717, 1.165) is 29.9 Å². The minimum absolute atomic E-state index is 0.460. The fourth-order valence-corrected chi connectivity index (χ4v) is 2.47. The van der Waals surface area contributed by atoms with Crippen LogP contribution < -0.4 is 0 Å². The van der Waals surface area contributed by atoms with E-state index in [1.165, 1.54) is 0 Å². The van der Waals surface area contributed by atoms with Crippen molar-refractivity contribution in [2.24, 2.45) is 0 Å². The molecule has 0 unspecified atom stereocenters. The van der Waals surface area contributed by atoms with Crippen LogP contribution in [0, 0.1) is 0 Å². The van der Waals surface area contributed by atoms with Crippen LogP contribution in [0.15, 0.2) is 36.5 Å². The number of aromatic nitrogens is 2. The highest BCUT2D eigenvalue weighted by Crippen LogP contribution is 2.28. The van der Waals surface area contributed by atoms with Crippen molar-refractivity contribution in [3.63, 3.8) is 0 Å². The van der Waals surface area contributed by atoms with Gasteiger partial charge in [0.1, 0.15) is 11.9 Å². The zero-order chi connectivity index (χ0) is 12.5. The molecule has 1 atom stereocenters. The second-order valence-corrected chi connectivity index (χ2v) is 4.56. The minimum atomic E-state index is -0.770. The van der Waals surface area contributed by atoms with Crippen LogP contribution in [0.2, 0.25) is 0 Å². The molecule has 0 aliphatic carbocycles. The van der Waals surface area contributed by atoms with Crippen molar-refractivity contribution in [2.45, 2.75) is 25.3 Å². The van der Waals surface area contributed by atoms with Gasteiger partial charge in [0.2, 0.25) is 0 Å². The van der Waals surface area contributed by atoms with Crippen molar-refractivity contribution in [2.75, 3.05) is 0 Å². The Balaban J connectivity index is 2.04. The molecule has 2 aromatic rings. The maximum absolute atomic E-state index is 11.2. The van der Waals surface area contributed by atoms with Gasteiger partial charge in [-0.15, -0.1) is 0 Å². The lowest BCUT2D eigenvalue weighted by atomic mass is 10.1. The molecule has 0 saturated carbocycles. The number of rotatable bonds is 2. The molecule has 1 N–H and O–H groups in total. The highest BCUT2D eigenvalue weighted by atomic mass is 16.4. The van der Waals surface area contributed by atoms with Gasteiger partial charge in [-0.25, -0.2) is 9.78 Å². The predicted molar refractivity (Wildman–Crippen MR) is 67.3 cm³/mol. The summed E-state index contributed by atoms with van der Waals surface area (Å²) in [6, 6.07) is 9.40. The Morgan fingerprint density at radius 1 is 1.33 bits per heavy atom. The molecular weight excluding hydrogens is 228 g/mol. The third-order valence-corrected chi connectivity index (χ3v) is 3.38. The standard InChI is InChI=1S/C14H14N2O2/c17-14(18)12-7-4-8-13-15-11(9-16(12)13)10-5-2-1-3-6-10/h1-3,5-6,9,12H,4,7-8H2,(H,17,18)/t12-/m0/s1. The van der Waals surface area contributed by atoms with Gasteiger partial charge >= 0.3 is 5.97 Å². The third-order valence-electron chi connectivity index (χ3n) is 3.38. The SMILES string of the molecule is O=C(O)[C@@H]1CCCc2nc(-c3ccccc3)cn21. The molecule has 0 bridgehead atoms. The quantitative estimate of drug-likeness (QED) is 0.880. The monoisotopic (exact) mass is 242 g/mol. The van der Waals surface area contributed by atoms with Gasteiger partial charge in [0.25, 0.3) is 0 Å². The number of fused-ring (bicyclic) bond motifs is 1. The number of benzene rings is 1. The second-order valence-electron chi connectivity index (χ2n) is 4.56. The molecule has 0 spiro atoms. The predicted octanol–water partition coefficient (Wildman–Crippen LogP) is 2.51. The van der Waals surface area contributed by atoms with Crippen LogP contribution in [0.1, 0.15) is 24.7 Å². The van der Waals surface area contributed by atoms with Gasteiger partial charge in [0.05, 0.1) is 5.69 Å².